The fourth-order valence-corrected chi connectivity index (χ4v) is 3.88. The molecule has 9 nitrogen and oxygen atoms in total. The first-order valence-electron chi connectivity index (χ1n) is 7.78. The molecule has 1 saturated heterocycles. The maximum atomic E-state index is 12.6. The van der Waals surface area contributed by atoms with E-state index in [-0.39, 0.29) is 28.4 Å². The lowest BCUT2D eigenvalue weighted by atomic mass is 9.90. The molecular weight excluding hydrogens is 348 g/mol. The molecule has 1 amide bonds. The summed E-state index contributed by atoms with van der Waals surface area (Å²) in [6.45, 7) is 3.15. The van der Waals surface area contributed by atoms with Gasteiger partial charge in [0, 0.05) is 32.3 Å². The zero-order valence-electron chi connectivity index (χ0n) is 14.2. The monoisotopic (exact) mass is 370 g/mol. The summed E-state index contributed by atoms with van der Waals surface area (Å²) in [6, 6.07) is 4.76. The van der Waals surface area contributed by atoms with Gasteiger partial charge in [0.1, 0.15) is 0 Å². The number of nitro groups is 1. The van der Waals surface area contributed by atoms with E-state index in [4.69, 9.17) is 5.73 Å². The Bertz CT molecular complexity index is 782. The van der Waals surface area contributed by atoms with Crippen molar-refractivity contribution in [3.63, 3.8) is 0 Å². The van der Waals surface area contributed by atoms with Gasteiger partial charge < -0.3 is 10.6 Å². The predicted octanol–water partition coefficient (Wildman–Crippen LogP) is 0.413. The number of carbonyl (C=O) groups excluding carboxylic acids is 1. The van der Waals surface area contributed by atoms with Gasteiger partial charge in [0.05, 0.1) is 16.4 Å². The van der Waals surface area contributed by atoms with Crippen molar-refractivity contribution in [2.75, 3.05) is 33.2 Å². The fourth-order valence-electron chi connectivity index (χ4n) is 2.72. The lowest BCUT2D eigenvalue weighted by Crippen LogP contribution is -2.41. The molecule has 0 aliphatic carbocycles. The number of likely N-dealkylation sites (tertiary alicyclic amines) is 1. The SMILES string of the molecule is CN(CC(=O)N1CCC(C)(CN)C1)S(=O)(=O)c1cccc([N+](=O)[O-])c1. The maximum Gasteiger partial charge on any atom is 0.270 e. The number of sulfonamides is 1. The second-order valence-corrected chi connectivity index (χ2v) is 8.64. The number of hydrogen-bond acceptors (Lipinski definition) is 6. The highest BCUT2D eigenvalue weighted by Crippen LogP contribution is 2.28. The van der Waals surface area contributed by atoms with E-state index in [2.05, 4.69) is 0 Å². The third-order valence-electron chi connectivity index (χ3n) is 4.50. The maximum absolute atomic E-state index is 12.6. The first-order valence-corrected chi connectivity index (χ1v) is 9.22. The molecule has 138 valence electrons. The van der Waals surface area contributed by atoms with Gasteiger partial charge in [-0.3, -0.25) is 14.9 Å². The number of nitrogens with two attached hydrogens (primary N) is 1. The largest absolute Gasteiger partial charge is 0.341 e. The number of carbonyl (C=O) groups is 1. The number of rotatable bonds is 6. The molecule has 0 spiro atoms. The molecule has 1 atom stereocenters. The molecule has 1 aromatic carbocycles. The molecule has 1 aliphatic rings. The van der Waals surface area contributed by atoms with Crippen LogP contribution < -0.4 is 5.73 Å². The van der Waals surface area contributed by atoms with Crippen LogP contribution in [0, 0.1) is 15.5 Å². The molecule has 0 aromatic heterocycles. The van der Waals surface area contributed by atoms with Gasteiger partial charge in [0.25, 0.3) is 5.69 Å². The quantitative estimate of drug-likeness (QED) is 0.571. The standard InChI is InChI=1S/C15H22N4O5S/c1-15(10-16)6-7-18(11-15)14(20)9-17(2)25(23,24)13-5-3-4-12(8-13)19(21)22/h3-5,8H,6-7,9-11,16H2,1-2H3. The van der Waals surface area contributed by atoms with Crippen LogP contribution in [0.5, 0.6) is 0 Å². The molecule has 1 heterocycles. The van der Waals surface area contributed by atoms with Crippen LogP contribution in [0.25, 0.3) is 0 Å². The summed E-state index contributed by atoms with van der Waals surface area (Å²) in [7, 11) is -2.72. The Balaban J connectivity index is 2.11. The van der Waals surface area contributed by atoms with Crippen molar-refractivity contribution < 1.29 is 18.1 Å². The minimum absolute atomic E-state index is 0.146. The number of hydrogen-bond donors (Lipinski definition) is 1. The number of amides is 1. The number of nitro benzene ring substituents is 1. The van der Waals surface area contributed by atoms with Crippen LogP contribution in [0.3, 0.4) is 0 Å². The first-order chi connectivity index (χ1) is 11.6. The summed E-state index contributed by atoms with van der Waals surface area (Å²) in [5, 5.41) is 10.8. The normalized spacial score (nSPS) is 20.9. The molecule has 1 fully saturated rings. The average molecular weight is 370 g/mol. The number of nitrogens with zero attached hydrogens (tertiary/aromatic N) is 3. The zero-order valence-corrected chi connectivity index (χ0v) is 15.0. The molecule has 0 radical (unpaired) electrons. The van der Waals surface area contributed by atoms with Crippen LogP contribution in [-0.4, -0.2) is 61.7 Å². The minimum atomic E-state index is -4.00. The summed E-state index contributed by atoms with van der Waals surface area (Å²) in [6.07, 6.45) is 0.774. The lowest BCUT2D eigenvalue weighted by Gasteiger charge is -2.24. The van der Waals surface area contributed by atoms with Gasteiger partial charge in [-0.2, -0.15) is 4.31 Å². The van der Waals surface area contributed by atoms with Gasteiger partial charge in [-0.1, -0.05) is 13.0 Å². The Kier molecular flexibility index (Phi) is 5.45. The van der Waals surface area contributed by atoms with Gasteiger partial charge in [-0.15, -0.1) is 0 Å². The summed E-state index contributed by atoms with van der Waals surface area (Å²) in [5.74, 6) is -0.311. The third-order valence-corrected chi connectivity index (χ3v) is 6.30. The Morgan fingerprint density at radius 2 is 2.16 bits per heavy atom. The number of likely N-dealkylation sites (N-methyl/N-ethyl adjacent to an activating group) is 1. The predicted molar refractivity (Wildman–Crippen MR) is 91.3 cm³/mol. The van der Waals surface area contributed by atoms with E-state index in [0.717, 1.165) is 16.8 Å². The van der Waals surface area contributed by atoms with Crippen molar-refractivity contribution in [3.8, 4) is 0 Å². The molecular formula is C15H22N4O5S. The smallest absolute Gasteiger partial charge is 0.270 e. The Morgan fingerprint density at radius 1 is 1.48 bits per heavy atom. The highest BCUT2D eigenvalue weighted by atomic mass is 32.2. The summed E-state index contributed by atoms with van der Waals surface area (Å²) in [5.41, 5.74) is 5.25. The minimum Gasteiger partial charge on any atom is -0.341 e. The number of non-ortho nitro benzene ring substituents is 1. The molecule has 0 bridgehead atoms. The lowest BCUT2D eigenvalue weighted by molar-refractivity contribution is -0.385. The molecule has 25 heavy (non-hydrogen) atoms. The van der Waals surface area contributed by atoms with Crippen LogP contribution in [0.4, 0.5) is 5.69 Å². The fraction of sp³-hybridized carbons (Fsp3) is 0.533. The third kappa shape index (κ3) is 4.14. The average Bonchev–Trinajstić information content (AvgIpc) is 2.98. The van der Waals surface area contributed by atoms with E-state index in [1.54, 1.807) is 4.90 Å². The van der Waals surface area contributed by atoms with Crippen molar-refractivity contribution >= 4 is 21.6 Å². The van der Waals surface area contributed by atoms with Gasteiger partial charge in [-0.05, 0) is 24.4 Å². The van der Waals surface area contributed by atoms with Crippen LogP contribution in [0.2, 0.25) is 0 Å². The Morgan fingerprint density at radius 3 is 2.72 bits per heavy atom. The highest BCUT2D eigenvalue weighted by Gasteiger charge is 2.36. The van der Waals surface area contributed by atoms with E-state index in [0.29, 0.717) is 19.6 Å². The Labute approximate surface area is 146 Å². The van der Waals surface area contributed by atoms with E-state index < -0.39 is 14.9 Å². The van der Waals surface area contributed by atoms with Crippen LogP contribution in [-0.2, 0) is 14.8 Å². The second-order valence-electron chi connectivity index (χ2n) is 6.60. The summed E-state index contributed by atoms with van der Waals surface area (Å²) < 4.78 is 26.0. The highest BCUT2D eigenvalue weighted by molar-refractivity contribution is 7.89. The van der Waals surface area contributed by atoms with Crippen molar-refractivity contribution in [2.45, 2.75) is 18.2 Å². The van der Waals surface area contributed by atoms with Gasteiger partial charge in [-0.25, -0.2) is 8.42 Å². The summed E-state index contributed by atoms with van der Waals surface area (Å²) in [4.78, 5) is 23.9. The summed E-state index contributed by atoms with van der Waals surface area (Å²) >= 11 is 0. The van der Waals surface area contributed by atoms with E-state index in [1.807, 2.05) is 6.92 Å². The first kappa shape index (κ1) is 19.3. The number of benzene rings is 1. The van der Waals surface area contributed by atoms with E-state index in [1.165, 1.54) is 25.2 Å². The van der Waals surface area contributed by atoms with Gasteiger partial charge in [0.15, 0.2) is 0 Å². The van der Waals surface area contributed by atoms with Gasteiger partial charge in [0.2, 0.25) is 15.9 Å². The second kappa shape index (κ2) is 7.06. The van der Waals surface area contributed by atoms with Crippen LogP contribution in [0.1, 0.15) is 13.3 Å². The van der Waals surface area contributed by atoms with E-state index >= 15 is 0 Å². The molecule has 1 aromatic rings. The van der Waals surface area contributed by atoms with Crippen molar-refractivity contribution in [2.24, 2.45) is 11.1 Å². The van der Waals surface area contributed by atoms with Gasteiger partial charge >= 0.3 is 0 Å². The molecule has 0 saturated carbocycles. The topological polar surface area (TPSA) is 127 Å². The van der Waals surface area contributed by atoms with Crippen LogP contribution >= 0.6 is 0 Å². The van der Waals surface area contributed by atoms with Crippen LogP contribution in [0.15, 0.2) is 29.2 Å². The molecule has 1 unspecified atom stereocenters. The molecule has 2 N–H and O–H groups in total. The van der Waals surface area contributed by atoms with Crippen molar-refractivity contribution in [1.82, 2.24) is 9.21 Å². The molecule has 1 aliphatic heterocycles. The Hall–Kier alpha value is -2.04. The molecule has 10 heteroatoms. The van der Waals surface area contributed by atoms with Crippen molar-refractivity contribution in [1.29, 1.82) is 0 Å². The molecule has 2 rings (SSSR count). The zero-order chi connectivity index (χ0) is 18.8. The van der Waals surface area contributed by atoms with E-state index in [9.17, 15) is 23.3 Å². The van der Waals surface area contributed by atoms with Crippen molar-refractivity contribution in [3.05, 3.63) is 34.4 Å².